The van der Waals surface area contributed by atoms with Gasteiger partial charge in [0, 0.05) is 48.1 Å². The molecule has 2 aliphatic carbocycles. The van der Waals surface area contributed by atoms with E-state index in [9.17, 15) is 9.59 Å². The minimum absolute atomic E-state index is 0.0212. The second-order valence-electron chi connectivity index (χ2n) is 12.7. The van der Waals surface area contributed by atoms with Crippen LogP contribution < -0.4 is 4.74 Å². The number of halogens is 1. The summed E-state index contributed by atoms with van der Waals surface area (Å²) < 4.78 is 11.8. The van der Waals surface area contributed by atoms with Crippen molar-refractivity contribution in [3.8, 4) is 5.75 Å². The van der Waals surface area contributed by atoms with E-state index >= 15 is 0 Å². The molecule has 2 saturated heterocycles. The lowest BCUT2D eigenvalue weighted by molar-refractivity contribution is -0.208. The standard InChI is InChI=1S/C31H38ClN3O5/c1-30(2)28(31(3,4)29(30)40-22-7-9-25(33-5)24(32)15-22)35-16-20-14-21(6-8-23(20)27(35)38)34-12-10-19(11-13-34)17-39-18-26(36)37/h6-9,14-15,19-20,23,28-29H,10-13,16-18H2,1-4H3,(H,36,37). The summed E-state index contributed by atoms with van der Waals surface area (Å²) in [6.45, 7) is 18.6. The molecule has 2 unspecified atom stereocenters. The third kappa shape index (κ3) is 5.10. The van der Waals surface area contributed by atoms with Gasteiger partial charge in [-0.15, -0.1) is 0 Å². The molecule has 0 radical (unpaired) electrons. The fraction of sp³-hybridized carbons (Fsp3) is 0.581. The molecule has 2 aliphatic heterocycles. The molecule has 1 aromatic carbocycles. The van der Waals surface area contributed by atoms with E-state index in [-0.39, 0.29) is 47.3 Å². The van der Waals surface area contributed by atoms with Gasteiger partial charge in [0.15, 0.2) is 0 Å². The third-order valence-electron chi connectivity index (χ3n) is 9.22. The van der Waals surface area contributed by atoms with Crippen LogP contribution in [0, 0.1) is 35.2 Å². The number of amides is 1. The summed E-state index contributed by atoms with van der Waals surface area (Å²) >= 11 is 6.26. The topological polar surface area (TPSA) is 83.7 Å². The molecule has 1 saturated carbocycles. The zero-order valence-electron chi connectivity index (χ0n) is 23.6. The number of aliphatic carboxylic acids is 1. The molecule has 0 aromatic heterocycles. The van der Waals surface area contributed by atoms with Gasteiger partial charge >= 0.3 is 5.97 Å². The first-order valence-electron chi connectivity index (χ1n) is 14.0. The molecule has 3 fully saturated rings. The van der Waals surface area contributed by atoms with Crippen LogP contribution in [0.3, 0.4) is 0 Å². The molecular weight excluding hydrogens is 530 g/mol. The van der Waals surface area contributed by atoms with Crippen molar-refractivity contribution in [3.05, 3.63) is 58.6 Å². The number of allylic oxidation sites excluding steroid dienone is 1. The van der Waals surface area contributed by atoms with Gasteiger partial charge in [0.1, 0.15) is 18.5 Å². The zero-order chi connectivity index (χ0) is 28.8. The lowest BCUT2D eigenvalue weighted by Crippen LogP contribution is -2.75. The van der Waals surface area contributed by atoms with E-state index in [1.54, 1.807) is 18.2 Å². The first-order chi connectivity index (χ1) is 18.9. The van der Waals surface area contributed by atoms with Crippen LogP contribution in [0.15, 0.2) is 42.1 Å². The van der Waals surface area contributed by atoms with Gasteiger partial charge in [-0.25, -0.2) is 9.64 Å². The number of carbonyl (C=O) groups excluding carboxylic acids is 1. The van der Waals surface area contributed by atoms with Gasteiger partial charge in [0.25, 0.3) is 0 Å². The molecule has 1 N–H and O–H groups in total. The lowest BCUT2D eigenvalue weighted by atomic mass is 9.49. The highest BCUT2D eigenvalue weighted by Crippen LogP contribution is 2.59. The molecule has 2 heterocycles. The maximum Gasteiger partial charge on any atom is 0.329 e. The van der Waals surface area contributed by atoms with Crippen molar-refractivity contribution in [2.75, 3.05) is 32.8 Å². The smallest absolute Gasteiger partial charge is 0.329 e. The summed E-state index contributed by atoms with van der Waals surface area (Å²) in [4.78, 5) is 32.3. The first kappa shape index (κ1) is 28.5. The van der Waals surface area contributed by atoms with Crippen LogP contribution in [-0.4, -0.2) is 71.8 Å². The van der Waals surface area contributed by atoms with Crippen LogP contribution in [0.5, 0.6) is 5.75 Å². The highest BCUT2D eigenvalue weighted by atomic mass is 35.5. The number of hydrogen-bond donors (Lipinski definition) is 1. The van der Waals surface area contributed by atoms with Crippen LogP contribution in [0.2, 0.25) is 5.02 Å². The Morgan fingerprint density at radius 2 is 1.90 bits per heavy atom. The van der Waals surface area contributed by atoms with Gasteiger partial charge in [0.05, 0.1) is 24.1 Å². The van der Waals surface area contributed by atoms with Crippen LogP contribution in [0.1, 0.15) is 40.5 Å². The van der Waals surface area contributed by atoms with Gasteiger partial charge < -0.3 is 24.4 Å². The maximum absolute atomic E-state index is 13.7. The van der Waals surface area contributed by atoms with Crippen molar-refractivity contribution in [1.82, 2.24) is 9.80 Å². The SMILES string of the molecule is [C-]#[N+]c1ccc(OC2C(C)(C)C(N3CC4C=C(N5CCC(COCC(=O)O)CC5)C=CC4C3=O)C2(C)C)cc1Cl. The molecule has 0 spiro atoms. The largest absolute Gasteiger partial charge is 0.489 e. The Hall–Kier alpha value is -3.02. The van der Waals surface area contributed by atoms with Gasteiger partial charge in [-0.1, -0.05) is 57.5 Å². The summed E-state index contributed by atoms with van der Waals surface area (Å²) in [6.07, 6.45) is 8.25. The number of likely N-dealkylation sites (tertiary alicyclic amines) is 2. The van der Waals surface area contributed by atoms with E-state index in [2.05, 4.69) is 60.6 Å². The average molecular weight is 568 g/mol. The molecule has 2 atom stereocenters. The van der Waals surface area contributed by atoms with E-state index in [1.807, 2.05) is 0 Å². The predicted molar refractivity (Wildman–Crippen MR) is 152 cm³/mol. The monoisotopic (exact) mass is 567 g/mol. The van der Waals surface area contributed by atoms with E-state index in [4.69, 9.17) is 32.8 Å². The Labute approximate surface area is 241 Å². The van der Waals surface area contributed by atoms with Crippen LogP contribution in [-0.2, 0) is 14.3 Å². The zero-order valence-corrected chi connectivity index (χ0v) is 24.4. The van der Waals surface area contributed by atoms with E-state index in [0.717, 1.165) is 25.9 Å². The molecule has 4 aliphatic rings. The summed E-state index contributed by atoms with van der Waals surface area (Å²) in [6, 6.07) is 5.19. The van der Waals surface area contributed by atoms with Crippen molar-refractivity contribution in [3.63, 3.8) is 0 Å². The van der Waals surface area contributed by atoms with E-state index < -0.39 is 5.97 Å². The summed E-state index contributed by atoms with van der Waals surface area (Å²) in [7, 11) is 0. The quantitative estimate of drug-likeness (QED) is 0.423. The van der Waals surface area contributed by atoms with Crippen molar-refractivity contribution in [2.45, 2.75) is 52.7 Å². The normalized spacial score (nSPS) is 28.9. The fourth-order valence-electron chi connectivity index (χ4n) is 7.78. The molecule has 214 valence electrons. The summed E-state index contributed by atoms with van der Waals surface area (Å²) in [5.41, 5.74) is 1.02. The third-order valence-corrected chi connectivity index (χ3v) is 9.52. The first-order valence-corrected chi connectivity index (χ1v) is 14.4. The Balaban J connectivity index is 1.23. The molecule has 9 heteroatoms. The van der Waals surface area contributed by atoms with Crippen molar-refractivity contribution >= 4 is 29.2 Å². The lowest BCUT2D eigenvalue weighted by Gasteiger charge is -2.65. The molecule has 0 bridgehead atoms. The maximum atomic E-state index is 13.7. The molecule has 1 amide bonds. The Kier molecular flexibility index (Phi) is 7.66. The number of fused-ring (bicyclic) bond motifs is 1. The summed E-state index contributed by atoms with van der Waals surface area (Å²) in [5.74, 6) is 0.252. The second-order valence-corrected chi connectivity index (χ2v) is 13.1. The number of carboxylic acids is 1. The number of rotatable bonds is 8. The summed E-state index contributed by atoms with van der Waals surface area (Å²) in [5, 5.41) is 9.16. The van der Waals surface area contributed by atoms with Gasteiger partial charge in [-0.3, -0.25) is 4.79 Å². The van der Waals surface area contributed by atoms with Crippen molar-refractivity contribution < 1.29 is 24.2 Å². The van der Waals surface area contributed by atoms with E-state index in [1.165, 1.54) is 5.70 Å². The number of hydrogen-bond acceptors (Lipinski definition) is 5. The second kappa shape index (κ2) is 10.8. The van der Waals surface area contributed by atoms with Crippen molar-refractivity contribution in [1.29, 1.82) is 0 Å². The molecule has 8 nitrogen and oxygen atoms in total. The number of ether oxygens (including phenoxy) is 2. The van der Waals surface area contributed by atoms with Crippen LogP contribution in [0.25, 0.3) is 4.85 Å². The molecule has 40 heavy (non-hydrogen) atoms. The number of carboxylic acid groups (broad SMARTS) is 1. The van der Waals surface area contributed by atoms with Gasteiger partial charge in [-0.2, -0.15) is 0 Å². The number of benzene rings is 1. The Morgan fingerprint density at radius 1 is 1.20 bits per heavy atom. The highest BCUT2D eigenvalue weighted by Gasteiger charge is 2.67. The predicted octanol–water partition coefficient (Wildman–Crippen LogP) is 5.41. The molecule has 1 aromatic rings. The minimum atomic E-state index is -0.932. The molecular formula is C31H38ClN3O5. The Morgan fingerprint density at radius 3 is 2.52 bits per heavy atom. The van der Waals surface area contributed by atoms with E-state index in [0.29, 0.717) is 35.5 Å². The van der Waals surface area contributed by atoms with Crippen LogP contribution >= 0.6 is 11.6 Å². The minimum Gasteiger partial charge on any atom is -0.489 e. The number of carbonyl (C=O) groups is 2. The van der Waals surface area contributed by atoms with Crippen LogP contribution in [0.4, 0.5) is 5.69 Å². The highest BCUT2D eigenvalue weighted by molar-refractivity contribution is 6.33. The van der Waals surface area contributed by atoms with Crippen molar-refractivity contribution in [2.24, 2.45) is 28.6 Å². The fourth-order valence-corrected chi connectivity index (χ4v) is 7.99. The molecule has 5 rings (SSSR count). The number of nitrogens with zero attached hydrogens (tertiary/aromatic N) is 3. The average Bonchev–Trinajstić information content (AvgIpc) is 3.21. The van der Waals surface area contributed by atoms with Gasteiger partial charge in [-0.05, 0) is 37.0 Å². The number of piperidine rings is 1. The Bertz CT molecular complexity index is 1260. The van der Waals surface area contributed by atoms with Gasteiger partial charge in [0.2, 0.25) is 11.6 Å².